The molecule has 0 spiro atoms. The zero-order valence-electron chi connectivity index (χ0n) is 12.8. The number of hydrogen-bond acceptors (Lipinski definition) is 5. The summed E-state index contributed by atoms with van der Waals surface area (Å²) in [7, 11) is 3.59. The molecule has 0 fully saturated rings. The summed E-state index contributed by atoms with van der Waals surface area (Å²) in [6, 6.07) is 7.60. The third-order valence-corrected chi connectivity index (χ3v) is 3.62. The maximum atomic E-state index is 5.92. The van der Waals surface area contributed by atoms with Crippen molar-refractivity contribution in [3.63, 3.8) is 0 Å². The van der Waals surface area contributed by atoms with Crippen LogP contribution in [0.15, 0.2) is 49.1 Å². The topological polar surface area (TPSA) is 64.9 Å². The van der Waals surface area contributed by atoms with Crippen molar-refractivity contribution in [1.82, 2.24) is 19.5 Å². The van der Waals surface area contributed by atoms with Crippen LogP contribution in [0, 0.1) is 0 Å². The molecule has 0 saturated heterocycles. The molecule has 0 aliphatic heterocycles. The molecule has 3 aromatic rings. The van der Waals surface area contributed by atoms with E-state index in [9.17, 15) is 0 Å². The molecule has 1 atom stereocenters. The largest absolute Gasteiger partial charge is 0.497 e. The van der Waals surface area contributed by atoms with Gasteiger partial charge in [-0.3, -0.25) is 4.98 Å². The Morgan fingerprint density at radius 2 is 2.17 bits per heavy atom. The number of nitrogens with one attached hydrogen (secondary N) is 1. The van der Waals surface area contributed by atoms with E-state index in [0.717, 1.165) is 17.1 Å². The van der Waals surface area contributed by atoms with E-state index in [1.54, 1.807) is 19.5 Å². The first-order valence-electron chi connectivity index (χ1n) is 7.02. The Morgan fingerprint density at radius 1 is 1.30 bits per heavy atom. The fourth-order valence-corrected chi connectivity index (χ4v) is 2.48. The Bertz CT molecular complexity index is 804. The summed E-state index contributed by atoms with van der Waals surface area (Å²) in [4.78, 5) is 12.7. The molecule has 0 aliphatic carbocycles. The van der Waals surface area contributed by atoms with Crippen LogP contribution < -0.4 is 10.1 Å². The summed E-state index contributed by atoms with van der Waals surface area (Å²) < 4.78 is 7.27. The molecule has 0 saturated carbocycles. The zero-order valence-corrected chi connectivity index (χ0v) is 13.5. The number of rotatable bonds is 5. The van der Waals surface area contributed by atoms with Crippen LogP contribution in [0.5, 0.6) is 5.75 Å². The number of aryl methyl sites for hydroxylation is 1. The Hall–Kier alpha value is -2.60. The molecular weight excluding hydrogens is 314 g/mol. The Kier molecular flexibility index (Phi) is 4.43. The third-order valence-electron chi connectivity index (χ3n) is 3.44. The average Bonchev–Trinajstić information content (AvgIpc) is 2.98. The van der Waals surface area contributed by atoms with E-state index in [4.69, 9.17) is 16.3 Å². The van der Waals surface area contributed by atoms with Gasteiger partial charge in [0, 0.05) is 19.4 Å². The van der Waals surface area contributed by atoms with Gasteiger partial charge in [-0.05, 0) is 17.7 Å². The van der Waals surface area contributed by atoms with Crippen molar-refractivity contribution in [2.45, 2.75) is 6.04 Å². The minimum atomic E-state index is -0.210. The minimum absolute atomic E-state index is 0.210. The number of hydrogen-bond donors (Lipinski definition) is 1. The number of halogens is 1. The number of methoxy groups -OCH3 is 1. The standard InChI is InChI=1S/C16H16ClN5O/c1-22-7-6-19-16(22)15(11-4-3-5-12(8-11)23-2)21-14-10-18-9-13(17)20-14/h3-10,15H,1-2H3,(H,20,21). The summed E-state index contributed by atoms with van der Waals surface area (Å²) in [5.41, 5.74) is 1.00. The smallest absolute Gasteiger partial charge is 0.149 e. The van der Waals surface area contributed by atoms with Crippen molar-refractivity contribution in [2.24, 2.45) is 7.05 Å². The van der Waals surface area contributed by atoms with Crippen LogP contribution >= 0.6 is 11.6 Å². The van der Waals surface area contributed by atoms with Crippen LogP contribution in [0.3, 0.4) is 0 Å². The molecule has 1 unspecified atom stereocenters. The summed E-state index contributed by atoms with van der Waals surface area (Å²) in [6.07, 6.45) is 6.78. The van der Waals surface area contributed by atoms with E-state index in [-0.39, 0.29) is 6.04 Å². The molecule has 1 aromatic carbocycles. The lowest BCUT2D eigenvalue weighted by molar-refractivity contribution is 0.414. The van der Waals surface area contributed by atoms with Crippen molar-refractivity contribution in [2.75, 3.05) is 12.4 Å². The molecule has 1 N–H and O–H groups in total. The molecule has 2 heterocycles. The average molecular weight is 330 g/mol. The second kappa shape index (κ2) is 6.66. The van der Waals surface area contributed by atoms with Crippen molar-refractivity contribution in [1.29, 1.82) is 0 Å². The van der Waals surface area contributed by atoms with Crippen LogP contribution in [0.4, 0.5) is 5.82 Å². The van der Waals surface area contributed by atoms with Gasteiger partial charge in [-0.1, -0.05) is 23.7 Å². The highest BCUT2D eigenvalue weighted by atomic mass is 35.5. The van der Waals surface area contributed by atoms with Gasteiger partial charge in [0.25, 0.3) is 0 Å². The Balaban J connectivity index is 2.01. The maximum Gasteiger partial charge on any atom is 0.149 e. The minimum Gasteiger partial charge on any atom is -0.497 e. The monoisotopic (exact) mass is 329 g/mol. The molecule has 23 heavy (non-hydrogen) atoms. The molecule has 0 amide bonds. The Morgan fingerprint density at radius 3 is 2.87 bits per heavy atom. The number of imidazole rings is 1. The van der Waals surface area contributed by atoms with Gasteiger partial charge in [-0.2, -0.15) is 0 Å². The highest BCUT2D eigenvalue weighted by molar-refractivity contribution is 6.29. The lowest BCUT2D eigenvalue weighted by atomic mass is 10.1. The molecule has 0 bridgehead atoms. The summed E-state index contributed by atoms with van der Waals surface area (Å²) >= 11 is 5.92. The van der Waals surface area contributed by atoms with Crippen LogP contribution in [0.25, 0.3) is 0 Å². The van der Waals surface area contributed by atoms with Gasteiger partial charge in [0.05, 0.1) is 19.5 Å². The highest BCUT2D eigenvalue weighted by Crippen LogP contribution is 2.27. The van der Waals surface area contributed by atoms with Crippen LogP contribution in [0.2, 0.25) is 5.15 Å². The molecule has 7 heteroatoms. The number of ether oxygens (including phenoxy) is 1. The second-order valence-electron chi connectivity index (χ2n) is 4.98. The van der Waals surface area contributed by atoms with Crippen LogP contribution in [-0.4, -0.2) is 26.6 Å². The normalized spacial score (nSPS) is 12.0. The van der Waals surface area contributed by atoms with Crippen molar-refractivity contribution in [3.8, 4) is 5.75 Å². The van der Waals surface area contributed by atoms with E-state index in [0.29, 0.717) is 11.0 Å². The molecule has 118 valence electrons. The Labute approximate surface area is 139 Å². The van der Waals surface area contributed by atoms with Crippen LogP contribution in [0.1, 0.15) is 17.4 Å². The molecule has 0 aliphatic rings. The van der Waals surface area contributed by atoms with E-state index in [1.165, 1.54) is 6.20 Å². The zero-order chi connectivity index (χ0) is 16.2. The van der Waals surface area contributed by atoms with Crippen molar-refractivity contribution < 1.29 is 4.74 Å². The van der Waals surface area contributed by atoms with E-state index >= 15 is 0 Å². The first-order valence-corrected chi connectivity index (χ1v) is 7.40. The van der Waals surface area contributed by atoms with Gasteiger partial charge in [0.15, 0.2) is 0 Å². The summed E-state index contributed by atoms with van der Waals surface area (Å²) in [6.45, 7) is 0. The predicted molar refractivity (Wildman–Crippen MR) is 88.7 cm³/mol. The van der Waals surface area contributed by atoms with E-state index in [1.807, 2.05) is 42.1 Å². The van der Waals surface area contributed by atoms with Crippen molar-refractivity contribution >= 4 is 17.4 Å². The second-order valence-corrected chi connectivity index (χ2v) is 5.36. The molecule has 3 rings (SSSR count). The molecule has 6 nitrogen and oxygen atoms in total. The summed E-state index contributed by atoms with van der Waals surface area (Å²) in [5, 5.41) is 3.67. The van der Waals surface area contributed by atoms with Gasteiger partial charge in [0.2, 0.25) is 0 Å². The van der Waals surface area contributed by atoms with Gasteiger partial charge < -0.3 is 14.6 Å². The van der Waals surface area contributed by atoms with Crippen molar-refractivity contribution in [3.05, 3.63) is 65.6 Å². The first-order chi connectivity index (χ1) is 11.2. The van der Waals surface area contributed by atoms with E-state index in [2.05, 4.69) is 20.3 Å². The number of nitrogens with zero attached hydrogens (tertiary/aromatic N) is 4. The lowest BCUT2D eigenvalue weighted by Crippen LogP contribution is -2.17. The maximum absolute atomic E-state index is 5.92. The van der Waals surface area contributed by atoms with E-state index < -0.39 is 0 Å². The van der Waals surface area contributed by atoms with Gasteiger partial charge in [-0.25, -0.2) is 9.97 Å². The quantitative estimate of drug-likeness (QED) is 0.779. The predicted octanol–water partition coefficient (Wildman–Crippen LogP) is 3.07. The molecule has 0 radical (unpaired) electrons. The first kappa shape index (κ1) is 15.3. The fraction of sp³-hybridized carbons (Fsp3) is 0.188. The highest BCUT2D eigenvalue weighted by Gasteiger charge is 2.19. The molecular formula is C16H16ClN5O. The van der Waals surface area contributed by atoms with Gasteiger partial charge in [0.1, 0.15) is 28.6 Å². The molecule has 2 aromatic heterocycles. The number of anilines is 1. The summed E-state index contributed by atoms with van der Waals surface area (Å²) in [5.74, 6) is 2.20. The lowest BCUT2D eigenvalue weighted by Gasteiger charge is -2.20. The fourth-order valence-electron chi connectivity index (χ4n) is 2.33. The third kappa shape index (κ3) is 3.43. The van der Waals surface area contributed by atoms with Crippen LogP contribution in [-0.2, 0) is 7.05 Å². The van der Waals surface area contributed by atoms with Gasteiger partial charge >= 0.3 is 0 Å². The number of aromatic nitrogens is 4. The van der Waals surface area contributed by atoms with Gasteiger partial charge in [-0.15, -0.1) is 0 Å². The number of benzene rings is 1. The SMILES string of the molecule is COc1cccc(C(Nc2cncc(Cl)n2)c2nccn2C)c1.